The highest BCUT2D eigenvalue weighted by atomic mass is 35.5. The predicted octanol–water partition coefficient (Wildman–Crippen LogP) is 2.04. The topological polar surface area (TPSA) is 61.2 Å². The SMILES string of the molecule is COC(=O)c1cccc(Cn2nc(Cl)c(C)cc2=O)c1. The standard InChI is InChI=1S/C14H13ClN2O3/c1-9-6-12(18)17(16-13(9)15)8-10-4-3-5-11(7-10)14(19)20-2/h3-7H,8H2,1-2H3. The van der Waals surface area contributed by atoms with Gasteiger partial charge >= 0.3 is 5.97 Å². The van der Waals surface area contributed by atoms with Gasteiger partial charge in [0.1, 0.15) is 0 Å². The Labute approximate surface area is 120 Å². The number of ether oxygens (including phenoxy) is 1. The molecule has 0 fully saturated rings. The summed E-state index contributed by atoms with van der Waals surface area (Å²) in [5.41, 5.74) is 1.59. The summed E-state index contributed by atoms with van der Waals surface area (Å²) in [5, 5.41) is 4.30. The highest BCUT2D eigenvalue weighted by Gasteiger charge is 2.08. The van der Waals surface area contributed by atoms with E-state index in [0.717, 1.165) is 5.56 Å². The second-order valence-corrected chi connectivity index (χ2v) is 4.66. The van der Waals surface area contributed by atoms with Gasteiger partial charge in [0.25, 0.3) is 5.56 Å². The Morgan fingerprint density at radius 1 is 1.40 bits per heavy atom. The van der Waals surface area contributed by atoms with E-state index in [2.05, 4.69) is 9.84 Å². The maximum absolute atomic E-state index is 11.8. The average molecular weight is 293 g/mol. The van der Waals surface area contributed by atoms with Crippen molar-refractivity contribution in [2.75, 3.05) is 7.11 Å². The monoisotopic (exact) mass is 292 g/mol. The normalized spacial score (nSPS) is 10.3. The number of hydrogen-bond donors (Lipinski definition) is 0. The summed E-state index contributed by atoms with van der Waals surface area (Å²) in [5.74, 6) is -0.422. The fourth-order valence-electron chi connectivity index (χ4n) is 1.75. The maximum atomic E-state index is 11.8. The quantitative estimate of drug-likeness (QED) is 0.812. The van der Waals surface area contributed by atoms with E-state index in [9.17, 15) is 9.59 Å². The summed E-state index contributed by atoms with van der Waals surface area (Å²) in [6.07, 6.45) is 0. The smallest absolute Gasteiger partial charge is 0.337 e. The fraction of sp³-hybridized carbons (Fsp3) is 0.214. The molecule has 0 N–H and O–H groups in total. The zero-order valence-electron chi connectivity index (χ0n) is 11.1. The molecule has 5 nitrogen and oxygen atoms in total. The minimum absolute atomic E-state index is 0.240. The Kier molecular flexibility index (Phi) is 4.20. The third-order valence-electron chi connectivity index (χ3n) is 2.81. The third kappa shape index (κ3) is 3.05. The molecule has 0 amide bonds. The van der Waals surface area contributed by atoms with Gasteiger partial charge in [-0.25, -0.2) is 9.48 Å². The fourth-order valence-corrected chi connectivity index (χ4v) is 1.90. The van der Waals surface area contributed by atoms with Crippen molar-refractivity contribution in [3.05, 3.63) is 62.5 Å². The van der Waals surface area contributed by atoms with Crippen molar-refractivity contribution >= 4 is 17.6 Å². The molecule has 0 aliphatic rings. The van der Waals surface area contributed by atoms with Gasteiger partial charge in [-0.15, -0.1) is 0 Å². The van der Waals surface area contributed by atoms with Crippen molar-refractivity contribution in [1.82, 2.24) is 9.78 Å². The largest absolute Gasteiger partial charge is 0.465 e. The molecule has 0 saturated heterocycles. The molecule has 104 valence electrons. The molecule has 0 unspecified atom stereocenters. The van der Waals surface area contributed by atoms with E-state index in [1.54, 1.807) is 31.2 Å². The van der Waals surface area contributed by atoms with E-state index in [1.165, 1.54) is 17.9 Å². The number of rotatable bonds is 3. The lowest BCUT2D eigenvalue weighted by molar-refractivity contribution is 0.0600. The van der Waals surface area contributed by atoms with Crippen LogP contribution in [0.25, 0.3) is 0 Å². The van der Waals surface area contributed by atoms with Crippen molar-refractivity contribution < 1.29 is 9.53 Å². The van der Waals surface area contributed by atoms with Crippen LogP contribution >= 0.6 is 11.6 Å². The Bertz CT molecular complexity index is 710. The maximum Gasteiger partial charge on any atom is 0.337 e. The lowest BCUT2D eigenvalue weighted by Crippen LogP contribution is -2.23. The highest BCUT2D eigenvalue weighted by Crippen LogP contribution is 2.10. The number of aryl methyl sites for hydroxylation is 1. The summed E-state index contributed by atoms with van der Waals surface area (Å²) in [6, 6.07) is 8.26. The lowest BCUT2D eigenvalue weighted by Gasteiger charge is -2.07. The number of carbonyl (C=O) groups is 1. The second kappa shape index (κ2) is 5.88. The van der Waals surface area contributed by atoms with Gasteiger partial charge in [0.15, 0.2) is 5.15 Å². The molecular weight excluding hydrogens is 280 g/mol. The molecule has 2 aromatic rings. The molecule has 1 heterocycles. The van der Waals surface area contributed by atoms with Gasteiger partial charge in [-0.3, -0.25) is 4.79 Å². The molecule has 0 bridgehead atoms. The summed E-state index contributed by atoms with van der Waals surface area (Å²) in [7, 11) is 1.32. The molecule has 20 heavy (non-hydrogen) atoms. The van der Waals surface area contributed by atoms with Crippen LogP contribution in [0.1, 0.15) is 21.5 Å². The van der Waals surface area contributed by atoms with Crippen LogP contribution in [0.4, 0.5) is 0 Å². The summed E-state index contributed by atoms with van der Waals surface area (Å²) >= 11 is 5.91. The Balaban J connectivity index is 2.33. The Morgan fingerprint density at radius 2 is 2.15 bits per heavy atom. The molecule has 0 aliphatic carbocycles. The number of methoxy groups -OCH3 is 1. The molecule has 0 atom stereocenters. The van der Waals surface area contributed by atoms with Crippen LogP contribution < -0.4 is 5.56 Å². The molecular formula is C14H13ClN2O3. The van der Waals surface area contributed by atoms with Crippen LogP contribution in [-0.4, -0.2) is 22.9 Å². The predicted molar refractivity (Wildman–Crippen MR) is 75.1 cm³/mol. The van der Waals surface area contributed by atoms with Gasteiger partial charge in [0.05, 0.1) is 19.2 Å². The van der Waals surface area contributed by atoms with Crippen LogP contribution in [0, 0.1) is 6.92 Å². The first kappa shape index (κ1) is 14.3. The number of aromatic nitrogens is 2. The lowest BCUT2D eigenvalue weighted by atomic mass is 10.1. The molecule has 0 spiro atoms. The number of hydrogen-bond acceptors (Lipinski definition) is 4. The van der Waals surface area contributed by atoms with Crippen LogP contribution in [0.5, 0.6) is 0 Å². The molecule has 2 rings (SSSR count). The number of halogens is 1. The summed E-state index contributed by atoms with van der Waals surface area (Å²) < 4.78 is 5.91. The van der Waals surface area contributed by atoms with Gasteiger partial charge < -0.3 is 4.74 Å². The van der Waals surface area contributed by atoms with Crippen molar-refractivity contribution in [2.24, 2.45) is 0 Å². The number of benzene rings is 1. The second-order valence-electron chi connectivity index (χ2n) is 4.31. The van der Waals surface area contributed by atoms with E-state index in [-0.39, 0.29) is 17.3 Å². The van der Waals surface area contributed by atoms with E-state index in [4.69, 9.17) is 11.6 Å². The van der Waals surface area contributed by atoms with Gasteiger partial charge in [0.2, 0.25) is 0 Å². The van der Waals surface area contributed by atoms with Gasteiger partial charge in [-0.1, -0.05) is 23.7 Å². The van der Waals surface area contributed by atoms with E-state index in [1.807, 2.05) is 0 Å². The van der Waals surface area contributed by atoms with Gasteiger partial charge in [0, 0.05) is 6.07 Å². The third-order valence-corrected chi connectivity index (χ3v) is 3.18. The molecule has 0 saturated carbocycles. The van der Waals surface area contributed by atoms with E-state index >= 15 is 0 Å². The summed E-state index contributed by atoms with van der Waals surface area (Å²) in [6.45, 7) is 1.96. The van der Waals surface area contributed by atoms with E-state index in [0.29, 0.717) is 11.1 Å². The van der Waals surface area contributed by atoms with Crippen molar-refractivity contribution in [3.8, 4) is 0 Å². The Hall–Kier alpha value is -2.14. The first-order valence-corrected chi connectivity index (χ1v) is 6.30. The molecule has 1 aromatic carbocycles. The molecule has 0 aliphatic heterocycles. The molecule has 6 heteroatoms. The molecule has 0 radical (unpaired) electrons. The Morgan fingerprint density at radius 3 is 2.85 bits per heavy atom. The number of nitrogens with zero attached hydrogens (tertiary/aromatic N) is 2. The number of carbonyl (C=O) groups excluding carboxylic acids is 1. The number of esters is 1. The van der Waals surface area contributed by atoms with Crippen LogP contribution in [0.2, 0.25) is 5.15 Å². The highest BCUT2D eigenvalue weighted by molar-refractivity contribution is 6.30. The average Bonchev–Trinajstić information content (AvgIpc) is 2.44. The zero-order chi connectivity index (χ0) is 14.7. The first-order chi connectivity index (χ1) is 9.51. The first-order valence-electron chi connectivity index (χ1n) is 5.93. The van der Waals surface area contributed by atoms with Gasteiger partial charge in [-0.05, 0) is 30.2 Å². The molecule has 1 aromatic heterocycles. The van der Waals surface area contributed by atoms with Crippen molar-refractivity contribution in [3.63, 3.8) is 0 Å². The van der Waals surface area contributed by atoms with Crippen molar-refractivity contribution in [1.29, 1.82) is 0 Å². The minimum Gasteiger partial charge on any atom is -0.465 e. The minimum atomic E-state index is -0.422. The van der Waals surface area contributed by atoms with Crippen LogP contribution in [0.15, 0.2) is 35.1 Å². The summed E-state index contributed by atoms with van der Waals surface area (Å²) in [4.78, 5) is 23.3. The van der Waals surface area contributed by atoms with Gasteiger partial charge in [-0.2, -0.15) is 5.10 Å². The zero-order valence-corrected chi connectivity index (χ0v) is 11.8. The van der Waals surface area contributed by atoms with Crippen LogP contribution in [0.3, 0.4) is 0 Å². The van der Waals surface area contributed by atoms with Crippen molar-refractivity contribution in [2.45, 2.75) is 13.5 Å². The van der Waals surface area contributed by atoms with Crippen LogP contribution in [-0.2, 0) is 11.3 Å². The van der Waals surface area contributed by atoms with E-state index < -0.39 is 5.97 Å².